The first-order valence-corrected chi connectivity index (χ1v) is 12.2. The van der Waals surface area contributed by atoms with E-state index in [1.54, 1.807) is 27.7 Å². The molecule has 6 atom stereocenters. The lowest BCUT2D eigenvalue weighted by atomic mass is 10.3. The van der Waals surface area contributed by atoms with Crippen molar-refractivity contribution < 1.29 is 35.8 Å². The first-order chi connectivity index (χ1) is 13.2. The van der Waals surface area contributed by atoms with Gasteiger partial charge in [0, 0.05) is 26.2 Å². The molecule has 0 N–H and O–H groups in total. The van der Waals surface area contributed by atoms with E-state index in [0.717, 1.165) is 0 Å². The van der Waals surface area contributed by atoms with Crippen molar-refractivity contribution in [3.63, 3.8) is 0 Å². The summed E-state index contributed by atoms with van der Waals surface area (Å²) in [6, 6.07) is 0. The number of hydrogen-bond acceptors (Lipinski definition) is 8. The molecule has 0 aromatic rings. The van der Waals surface area contributed by atoms with Gasteiger partial charge in [-0.1, -0.05) is 27.7 Å². The highest BCUT2D eigenvalue weighted by atomic mass is 32.2. The molecule has 2 unspecified atom stereocenters. The second-order valence-corrected chi connectivity index (χ2v) is 10.3. The van der Waals surface area contributed by atoms with Crippen LogP contribution in [0.5, 0.6) is 0 Å². The third kappa shape index (κ3) is 2.71. The van der Waals surface area contributed by atoms with Gasteiger partial charge in [-0.25, -0.2) is 0 Å². The van der Waals surface area contributed by atoms with Crippen LogP contribution < -0.4 is 0 Å². The fraction of sp³-hybridized carbons (Fsp3) is 1.00. The Kier molecular flexibility index (Phi) is 5.27. The molecule has 0 radical (unpaired) electrons. The second kappa shape index (κ2) is 7.08. The van der Waals surface area contributed by atoms with Crippen molar-refractivity contribution in [3.8, 4) is 0 Å². The topological polar surface area (TPSA) is 118 Å². The molecular weight excluding hydrogens is 416 g/mol. The molecule has 0 aromatic heterocycles. The number of ether oxygens (including phenoxy) is 4. The van der Waals surface area contributed by atoms with Crippen LogP contribution in [-0.2, 0) is 39.4 Å². The van der Waals surface area contributed by atoms with E-state index in [9.17, 15) is 16.8 Å². The monoisotopic (exact) mass is 442 g/mol. The summed E-state index contributed by atoms with van der Waals surface area (Å²) in [7, 11) is -7.47. The Labute approximate surface area is 165 Å². The van der Waals surface area contributed by atoms with Gasteiger partial charge in [0.05, 0.1) is 0 Å². The van der Waals surface area contributed by atoms with E-state index in [-0.39, 0.29) is 26.2 Å². The molecule has 0 aliphatic carbocycles. The van der Waals surface area contributed by atoms with Crippen LogP contribution in [0.4, 0.5) is 0 Å². The Morgan fingerprint density at radius 3 is 0.929 bits per heavy atom. The van der Waals surface area contributed by atoms with Crippen LogP contribution in [0.25, 0.3) is 0 Å². The van der Waals surface area contributed by atoms with Crippen LogP contribution in [-0.4, -0.2) is 97.7 Å². The van der Waals surface area contributed by atoms with Crippen molar-refractivity contribution >= 4 is 20.4 Å². The van der Waals surface area contributed by atoms with E-state index >= 15 is 0 Å². The van der Waals surface area contributed by atoms with E-state index in [1.165, 1.54) is 17.2 Å². The first-order valence-electron chi connectivity index (χ1n) is 9.41. The largest absolute Gasteiger partial charge is 0.324 e. The number of nitrogens with zero attached hydrogens (tertiary/aromatic N) is 4. The number of fused-ring (bicyclic) bond motifs is 3. The lowest BCUT2D eigenvalue weighted by Gasteiger charge is -2.45. The summed E-state index contributed by atoms with van der Waals surface area (Å²) in [6.07, 6.45) is -5.69. The zero-order valence-corrected chi connectivity index (χ0v) is 17.8. The molecule has 4 fully saturated rings. The van der Waals surface area contributed by atoms with E-state index in [2.05, 4.69) is 0 Å². The Bertz CT molecular complexity index is 703. The van der Waals surface area contributed by atoms with Crippen LogP contribution >= 0.6 is 0 Å². The molecule has 14 heteroatoms. The Morgan fingerprint density at radius 2 is 0.750 bits per heavy atom. The van der Waals surface area contributed by atoms with Gasteiger partial charge in [0.2, 0.25) is 12.6 Å². The van der Waals surface area contributed by atoms with Crippen molar-refractivity contribution in [1.29, 1.82) is 0 Å². The van der Waals surface area contributed by atoms with Gasteiger partial charge in [-0.2, -0.15) is 34.1 Å². The smallest absolute Gasteiger partial charge is 0.286 e. The lowest BCUT2D eigenvalue weighted by molar-refractivity contribution is -0.439. The summed E-state index contributed by atoms with van der Waals surface area (Å²) >= 11 is 0. The summed E-state index contributed by atoms with van der Waals surface area (Å²) in [5.74, 6) is 0. The Balaban J connectivity index is 1.64. The molecule has 0 bridgehead atoms. The summed E-state index contributed by atoms with van der Waals surface area (Å²) in [6.45, 7) is 7.63. The highest BCUT2D eigenvalue weighted by Crippen LogP contribution is 2.42. The van der Waals surface area contributed by atoms with Crippen molar-refractivity contribution in [1.82, 2.24) is 17.2 Å². The summed E-state index contributed by atoms with van der Waals surface area (Å²) < 4.78 is 79.4. The maximum absolute atomic E-state index is 12.7. The summed E-state index contributed by atoms with van der Waals surface area (Å²) in [5.41, 5.74) is 0. The highest BCUT2D eigenvalue weighted by Gasteiger charge is 2.63. The van der Waals surface area contributed by atoms with Gasteiger partial charge >= 0.3 is 0 Å². The van der Waals surface area contributed by atoms with Gasteiger partial charge in [-0.05, 0) is 0 Å². The van der Waals surface area contributed by atoms with E-state index < -0.39 is 57.9 Å². The van der Waals surface area contributed by atoms with Crippen molar-refractivity contribution in [2.45, 2.75) is 65.2 Å². The van der Waals surface area contributed by atoms with Crippen molar-refractivity contribution in [2.75, 3.05) is 26.2 Å². The zero-order chi connectivity index (χ0) is 20.4. The zero-order valence-electron chi connectivity index (χ0n) is 16.2. The van der Waals surface area contributed by atoms with Crippen LogP contribution in [0.1, 0.15) is 27.7 Å². The second-order valence-electron chi connectivity index (χ2n) is 6.67. The molecule has 4 aliphatic heterocycles. The lowest BCUT2D eigenvalue weighted by Crippen LogP contribution is -2.62. The fourth-order valence-electron chi connectivity index (χ4n) is 4.15. The van der Waals surface area contributed by atoms with E-state index in [1.807, 2.05) is 0 Å². The standard InChI is InChI=1S/C14H26N4O8S2/c1-5-15-9-10(16(6-2)27(15,19)20)24-14-13(23-9)25-11-12(26-14)18(8-4)28(21,22)17(11)7-3/h9-14H,5-8H2,1-4H3/t9-,10-,11-,12+,13?,14?/m0/s1. The van der Waals surface area contributed by atoms with E-state index in [0.29, 0.717) is 0 Å². The fourth-order valence-corrected chi connectivity index (χ4v) is 7.66. The molecular formula is C14H26N4O8S2. The van der Waals surface area contributed by atoms with Gasteiger partial charge in [-0.3, -0.25) is 0 Å². The third-order valence-electron chi connectivity index (χ3n) is 5.37. The summed E-state index contributed by atoms with van der Waals surface area (Å²) in [5, 5.41) is 0. The third-order valence-corrected chi connectivity index (χ3v) is 9.61. The minimum atomic E-state index is -3.73. The quantitative estimate of drug-likeness (QED) is 0.535. The molecule has 0 spiro atoms. The number of rotatable bonds is 4. The maximum Gasteiger partial charge on any atom is 0.286 e. The maximum atomic E-state index is 12.7. The van der Waals surface area contributed by atoms with Crippen LogP contribution in [0.3, 0.4) is 0 Å². The Morgan fingerprint density at radius 1 is 0.536 bits per heavy atom. The van der Waals surface area contributed by atoms with Crippen molar-refractivity contribution in [3.05, 3.63) is 0 Å². The van der Waals surface area contributed by atoms with Crippen molar-refractivity contribution in [2.24, 2.45) is 0 Å². The van der Waals surface area contributed by atoms with Gasteiger partial charge < -0.3 is 18.9 Å². The average molecular weight is 443 g/mol. The van der Waals surface area contributed by atoms with Gasteiger partial charge in [0.15, 0.2) is 24.9 Å². The average Bonchev–Trinajstić information content (AvgIpc) is 2.97. The molecule has 0 saturated carbocycles. The SMILES string of the molecule is CCN1[C@@H]2OC3O[C@H]4[C@H](OC3O[C@@H]2N(CC)S1(=O)=O)N(CC)S(=O)(=O)N4CC. The van der Waals surface area contributed by atoms with Gasteiger partial charge in [-0.15, -0.1) is 0 Å². The molecule has 12 nitrogen and oxygen atoms in total. The number of likely N-dealkylation sites (N-methyl/N-ethyl adjacent to an activating group) is 4. The number of hydrogen-bond donors (Lipinski definition) is 0. The van der Waals surface area contributed by atoms with Crippen LogP contribution in [0, 0.1) is 0 Å². The summed E-state index contributed by atoms with van der Waals surface area (Å²) in [4.78, 5) is 0. The normalized spacial score (nSPS) is 43.6. The molecule has 4 saturated heterocycles. The minimum absolute atomic E-state index is 0.201. The molecule has 0 amide bonds. The van der Waals surface area contributed by atoms with Crippen LogP contribution in [0.2, 0.25) is 0 Å². The Hall–Kier alpha value is -0.420. The van der Waals surface area contributed by atoms with Crippen LogP contribution in [0.15, 0.2) is 0 Å². The molecule has 4 aliphatic rings. The predicted molar refractivity (Wildman–Crippen MR) is 94.4 cm³/mol. The van der Waals surface area contributed by atoms with Gasteiger partial charge in [0.25, 0.3) is 20.4 Å². The first kappa shape index (κ1) is 20.8. The minimum Gasteiger partial charge on any atom is -0.324 e. The highest BCUT2D eigenvalue weighted by molar-refractivity contribution is 7.87. The van der Waals surface area contributed by atoms with E-state index in [4.69, 9.17) is 18.9 Å². The molecule has 4 heterocycles. The molecule has 28 heavy (non-hydrogen) atoms. The molecule has 162 valence electrons. The van der Waals surface area contributed by atoms with Gasteiger partial charge in [0.1, 0.15) is 0 Å². The predicted octanol–water partition coefficient (Wildman–Crippen LogP) is -1.16. The molecule has 0 aromatic carbocycles. The molecule has 4 rings (SSSR count).